The van der Waals surface area contributed by atoms with Crippen LogP contribution >= 0.6 is 15.9 Å². The van der Waals surface area contributed by atoms with E-state index in [0.717, 1.165) is 26.9 Å². The van der Waals surface area contributed by atoms with Gasteiger partial charge in [-0.15, -0.1) is 0 Å². The molecule has 0 spiro atoms. The lowest BCUT2D eigenvalue weighted by Crippen LogP contribution is -1.99. The van der Waals surface area contributed by atoms with Crippen LogP contribution in [0, 0.1) is 11.3 Å². The second-order valence-corrected chi connectivity index (χ2v) is 5.15. The number of benzene rings is 2. The molecule has 0 aliphatic carbocycles. The summed E-state index contributed by atoms with van der Waals surface area (Å²) in [5, 5.41) is 9.48. The molecule has 88 valence electrons. The fourth-order valence-corrected chi connectivity index (χ4v) is 2.66. The lowest BCUT2D eigenvalue weighted by Gasteiger charge is -2.11. The largest absolute Gasteiger partial charge is 0.489 e. The zero-order valence-electron chi connectivity index (χ0n) is 9.56. The lowest BCUT2D eigenvalue weighted by atomic mass is 9.90. The summed E-state index contributed by atoms with van der Waals surface area (Å²) in [6.07, 6.45) is 0. The SMILES string of the molecule is N#C[C@H]1c2ccccc2COc2ccc(Br)cc21. The Morgan fingerprint density at radius 3 is 2.83 bits per heavy atom. The number of hydrogen-bond acceptors (Lipinski definition) is 2. The number of rotatable bonds is 0. The van der Waals surface area contributed by atoms with Gasteiger partial charge in [-0.1, -0.05) is 40.2 Å². The minimum Gasteiger partial charge on any atom is -0.489 e. The van der Waals surface area contributed by atoms with Crippen LogP contribution in [0.1, 0.15) is 22.6 Å². The molecule has 0 saturated heterocycles. The maximum absolute atomic E-state index is 9.48. The average Bonchev–Trinajstić information content (AvgIpc) is 2.54. The van der Waals surface area contributed by atoms with Crippen molar-refractivity contribution < 1.29 is 4.74 Å². The van der Waals surface area contributed by atoms with Gasteiger partial charge in [-0.3, -0.25) is 0 Å². The topological polar surface area (TPSA) is 33.0 Å². The van der Waals surface area contributed by atoms with E-state index in [-0.39, 0.29) is 5.92 Å². The fourth-order valence-electron chi connectivity index (χ4n) is 2.29. The molecular weight excluding hydrogens is 290 g/mol. The van der Waals surface area contributed by atoms with E-state index in [0.29, 0.717) is 6.61 Å². The quantitative estimate of drug-likeness (QED) is 0.737. The van der Waals surface area contributed by atoms with Gasteiger partial charge in [0, 0.05) is 10.0 Å². The van der Waals surface area contributed by atoms with Crippen molar-refractivity contribution >= 4 is 15.9 Å². The van der Waals surface area contributed by atoms with Crippen LogP contribution in [0.2, 0.25) is 0 Å². The van der Waals surface area contributed by atoms with E-state index in [9.17, 15) is 5.26 Å². The number of nitriles is 1. The van der Waals surface area contributed by atoms with E-state index in [1.807, 2.05) is 42.5 Å². The number of fused-ring (bicyclic) bond motifs is 2. The van der Waals surface area contributed by atoms with Gasteiger partial charge in [0.05, 0.1) is 6.07 Å². The first-order chi connectivity index (χ1) is 8.79. The highest BCUT2D eigenvalue weighted by molar-refractivity contribution is 9.10. The van der Waals surface area contributed by atoms with Crippen LogP contribution in [0.3, 0.4) is 0 Å². The molecule has 0 unspecified atom stereocenters. The molecule has 2 aromatic rings. The summed E-state index contributed by atoms with van der Waals surface area (Å²) in [5.41, 5.74) is 3.05. The van der Waals surface area contributed by atoms with Gasteiger partial charge < -0.3 is 4.74 Å². The maximum Gasteiger partial charge on any atom is 0.124 e. The molecule has 3 rings (SSSR count). The monoisotopic (exact) mass is 299 g/mol. The summed E-state index contributed by atoms with van der Waals surface area (Å²) in [6.45, 7) is 0.517. The van der Waals surface area contributed by atoms with Crippen LogP contribution in [0.4, 0.5) is 0 Å². The molecular formula is C15H10BrNO. The Morgan fingerprint density at radius 2 is 2.00 bits per heavy atom. The summed E-state index contributed by atoms with van der Waals surface area (Å²) >= 11 is 3.45. The Labute approximate surface area is 114 Å². The molecule has 0 amide bonds. The number of halogens is 1. The fraction of sp³-hybridized carbons (Fsp3) is 0.133. The van der Waals surface area contributed by atoms with E-state index < -0.39 is 0 Å². The number of hydrogen-bond donors (Lipinski definition) is 0. The molecule has 0 fully saturated rings. The minimum absolute atomic E-state index is 0.267. The van der Waals surface area contributed by atoms with Crippen molar-refractivity contribution in [2.75, 3.05) is 0 Å². The Kier molecular flexibility index (Phi) is 2.81. The Morgan fingerprint density at radius 1 is 1.17 bits per heavy atom. The molecule has 1 atom stereocenters. The molecule has 0 aromatic heterocycles. The first kappa shape index (κ1) is 11.3. The van der Waals surface area contributed by atoms with Crippen molar-refractivity contribution in [3.05, 3.63) is 63.6 Å². The van der Waals surface area contributed by atoms with E-state index in [1.165, 1.54) is 0 Å². The van der Waals surface area contributed by atoms with Crippen molar-refractivity contribution in [2.24, 2.45) is 0 Å². The lowest BCUT2D eigenvalue weighted by molar-refractivity contribution is 0.307. The summed E-state index contributed by atoms with van der Waals surface area (Å²) in [6, 6.07) is 16.1. The summed E-state index contributed by atoms with van der Waals surface area (Å²) in [5.74, 6) is 0.525. The zero-order valence-corrected chi connectivity index (χ0v) is 11.1. The Balaban J connectivity index is 2.24. The zero-order chi connectivity index (χ0) is 12.5. The molecule has 0 saturated carbocycles. The van der Waals surface area contributed by atoms with Gasteiger partial charge >= 0.3 is 0 Å². The van der Waals surface area contributed by atoms with Gasteiger partial charge in [0.15, 0.2) is 0 Å². The molecule has 1 heterocycles. The normalized spacial score (nSPS) is 16.8. The van der Waals surface area contributed by atoms with Crippen LogP contribution < -0.4 is 4.74 Å². The van der Waals surface area contributed by atoms with Crippen molar-refractivity contribution in [2.45, 2.75) is 12.5 Å². The van der Waals surface area contributed by atoms with Gasteiger partial charge in [0.25, 0.3) is 0 Å². The Bertz CT molecular complexity index is 645. The standard InChI is InChI=1S/C15H10BrNO/c16-11-5-6-15-13(7-11)14(8-17)12-4-2-1-3-10(12)9-18-15/h1-7,14H,9H2/t14-/m0/s1. The third-order valence-electron chi connectivity index (χ3n) is 3.16. The van der Waals surface area contributed by atoms with Crippen molar-refractivity contribution in [1.29, 1.82) is 5.26 Å². The number of ether oxygens (including phenoxy) is 1. The van der Waals surface area contributed by atoms with Crippen molar-refractivity contribution in [1.82, 2.24) is 0 Å². The van der Waals surface area contributed by atoms with E-state index in [2.05, 4.69) is 22.0 Å². The molecule has 1 aliphatic heterocycles. The smallest absolute Gasteiger partial charge is 0.124 e. The summed E-state index contributed by atoms with van der Waals surface area (Å²) < 4.78 is 6.75. The van der Waals surface area contributed by atoms with Gasteiger partial charge in [-0.05, 0) is 29.3 Å². The van der Waals surface area contributed by atoms with Gasteiger partial charge in [0.1, 0.15) is 18.3 Å². The minimum atomic E-state index is -0.267. The van der Waals surface area contributed by atoms with E-state index >= 15 is 0 Å². The van der Waals surface area contributed by atoms with E-state index in [4.69, 9.17) is 4.74 Å². The van der Waals surface area contributed by atoms with Crippen molar-refractivity contribution in [3.63, 3.8) is 0 Å². The highest BCUT2D eigenvalue weighted by Gasteiger charge is 2.24. The number of nitrogens with zero attached hydrogens (tertiary/aromatic N) is 1. The molecule has 0 N–H and O–H groups in total. The van der Waals surface area contributed by atoms with Crippen LogP contribution in [-0.2, 0) is 6.61 Å². The molecule has 1 aliphatic rings. The molecule has 3 heteroatoms. The molecule has 0 radical (unpaired) electrons. The summed E-state index contributed by atoms with van der Waals surface area (Å²) in [4.78, 5) is 0. The van der Waals surface area contributed by atoms with Crippen LogP contribution in [0.5, 0.6) is 5.75 Å². The third-order valence-corrected chi connectivity index (χ3v) is 3.65. The molecule has 2 aromatic carbocycles. The van der Waals surface area contributed by atoms with Crippen LogP contribution in [0.25, 0.3) is 0 Å². The Hall–Kier alpha value is -1.79. The first-order valence-corrected chi connectivity index (χ1v) is 6.48. The third kappa shape index (κ3) is 1.79. The van der Waals surface area contributed by atoms with Gasteiger partial charge in [-0.2, -0.15) is 5.26 Å². The average molecular weight is 300 g/mol. The van der Waals surface area contributed by atoms with Gasteiger partial charge in [0.2, 0.25) is 0 Å². The predicted octanol–water partition coefficient (Wildman–Crippen LogP) is 4.00. The summed E-state index contributed by atoms with van der Waals surface area (Å²) in [7, 11) is 0. The van der Waals surface area contributed by atoms with Crippen molar-refractivity contribution in [3.8, 4) is 11.8 Å². The van der Waals surface area contributed by atoms with Gasteiger partial charge in [-0.25, -0.2) is 0 Å². The molecule has 18 heavy (non-hydrogen) atoms. The molecule has 2 nitrogen and oxygen atoms in total. The van der Waals surface area contributed by atoms with Crippen LogP contribution in [-0.4, -0.2) is 0 Å². The first-order valence-electron chi connectivity index (χ1n) is 5.69. The second kappa shape index (κ2) is 4.47. The predicted molar refractivity (Wildman–Crippen MR) is 72.4 cm³/mol. The maximum atomic E-state index is 9.48. The highest BCUT2D eigenvalue weighted by atomic mass is 79.9. The highest BCUT2D eigenvalue weighted by Crippen LogP contribution is 2.38. The van der Waals surface area contributed by atoms with E-state index in [1.54, 1.807) is 0 Å². The van der Waals surface area contributed by atoms with Crippen LogP contribution in [0.15, 0.2) is 46.9 Å². The second-order valence-electron chi connectivity index (χ2n) is 4.23. The molecule has 0 bridgehead atoms.